The third-order valence-corrected chi connectivity index (χ3v) is 7.76. The molecule has 0 bridgehead atoms. The monoisotopic (exact) mass is 713 g/mol. The number of benzene rings is 3. The molecule has 3 aromatic rings. The van der Waals surface area contributed by atoms with Crippen LogP contribution in [0.25, 0.3) is 16.7 Å². The summed E-state index contributed by atoms with van der Waals surface area (Å²) < 4.78 is 130. The lowest BCUT2D eigenvalue weighted by molar-refractivity contribution is -0.138. The summed E-state index contributed by atoms with van der Waals surface area (Å²) in [7, 11) is 0. The number of hydrogen-bond acceptors (Lipinski definition) is 7. The Kier molecular flexibility index (Phi) is 9.51. The molecule has 52 heavy (non-hydrogen) atoms. The molecular weight excluding hydrogens is 701 g/mol. The molecule has 1 aliphatic rings. The van der Waals surface area contributed by atoms with Crippen molar-refractivity contribution in [1.82, 2.24) is 0 Å². The van der Waals surface area contributed by atoms with Gasteiger partial charge in [-0.2, -0.15) is 76.3 Å². The van der Waals surface area contributed by atoms with Crippen LogP contribution in [0.2, 0.25) is 0 Å². The van der Waals surface area contributed by atoms with E-state index in [1.807, 2.05) is 0 Å². The van der Waals surface area contributed by atoms with Gasteiger partial charge >= 0.3 is 18.5 Å². The number of halogens is 9. The fraction of sp³-hybridized carbons (Fsp3) is 0.139. The summed E-state index contributed by atoms with van der Waals surface area (Å²) in [4.78, 5) is 0. The molecule has 0 radical (unpaired) electrons. The lowest BCUT2D eigenvalue weighted by Gasteiger charge is -2.16. The molecule has 0 unspecified atom stereocenters. The van der Waals surface area contributed by atoms with E-state index in [0.29, 0.717) is 18.2 Å². The zero-order chi connectivity index (χ0) is 39.1. The van der Waals surface area contributed by atoms with Crippen LogP contribution in [0.4, 0.5) is 39.5 Å². The average Bonchev–Trinajstić information content (AvgIpc) is 3.78. The van der Waals surface area contributed by atoms with Crippen LogP contribution in [0, 0.1) is 93.2 Å². The third kappa shape index (κ3) is 6.51. The summed E-state index contributed by atoms with van der Waals surface area (Å²) >= 11 is 0. The first-order chi connectivity index (χ1) is 24.2. The van der Waals surface area contributed by atoms with E-state index in [4.69, 9.17) is 0 Å². The molecule has 16 heteroatoms. The Morgan fingerprint density at radius 1 is 0.423 bits per heavy atom. The predicted molar refractivity (Wildman–Crippen MR) is 160 cm³/mol. The summed E-state index contributed by atoms with van der Waals surface area (Å²) in [5, 5.41) is 68.7. The van der Waals surface area contributed by atoms with Gasteiger partial charge in [0.25, 0.3) is 0 Å². The van der Waals surface area contributed by atoms with E-state index in [9.17, 15) is 76.3 Å². The minimum absolute atomic E-state index is 0.263. The lowest BCUT2D eigenvalue weighted by Crippen LogP contribution is -2.11. The van der Waals surface area contributed by atoms with Crippen LogP contribution in [0.3, 0.4) is 0 Å². The van der Waals surface area contributed by atoms with E-state index in [1.54, 1.807) is 0 Å². The van der Waals surface area contributed by atoms with Crippen molar-refractivity contribution in [2.24, 2.45) is 0 Å². The number of allylic oxidation sites excluding steroid dienone is 6. The molecule has 0 heterocycles. The molecule has 1 saturated carbocycles. The Balaban J connectivity index is 2.42. The molecule has 3 aromatic carbocycles. The molecule has 0 saturated heterocycles. The molecule has 0 aromatic heterocycles. The van der Waals surface area contributed by atoms with Gasteiger partial charge in [-0.05, 0) is 61.4 Å². The Morgan fingerprint density at radius 3 is 0.981 bits per heavy atom. The maximum atomic E-state index is 14.5. The van der Waals surface area contributed by atoms with Gasteiger partial charge in [-0.15, -0.1) is 0 Å². The van der Waals surface area contributed by atoms with E-state index < -0.39 is 119 Å². The van der Waals surface area contributed by atoms with Gasteiger partial charge < -0.3 is 0 Å². The first-order valence-electron chi connectivity index (χ1n) is 14.0. The summed E-state index contributed by atoms with van der Waals surface area (Å²) in [6.45, 7) is 2.08. The van der Waals surface area contributed by atoms with E-state index in [0.717, 1.165) is 26.0 Å². The fourth-order valence-electron chi connectivity index (χ4n) is 5.75. The van der Waals surface area contributed by atoms with E-state index in [-0.39, 0.29) is 6.07 Å². The van der Waals surface area contributed by atoms with Crippen LogP contribution in [-0.2, 0) is 18.5 Å². The molecule has 4 rings (SSSR count). The minimum atomic E-state index is -5.41. The highest BCUT2D eigenvalue weighted by molar-refractivity contribution is 6.13. The summed E-state index contributed by atoms with van der Waals surface area (Å²) in [6, 6.07) is 13.7. The highest BCUT2D eigenvalue weighted by Gasteiger charge is 2.47. The Labute approximate surface area is 287 Å². The summed E-state index contributed by atoms with van der Waals surface area (Å²) in [6.07, 6.45) is -16.0. The molecule has 0 N–H and O–H groups in total. The van der Waals surface area contributed by atoms with Gasteiger partial charge in [-0.1, -0.05) is 0 Å². The van der Waals surface area contributed by atoms with Crippen molar-refractivity contribution in [2.45, 2.75) is 32.4 Å². The van der Waals surface area contributed by atoms with Crippen LogP contribution >= 0.6 is 0 Å². The fourth-order valence-corrected chi connectivity index (χ4v) is 5.75. The maximum absolute atomic E-state index is 14.5. The van der Waals surface area contributed by atoms with E-state index in [1.165, 1.54) is 42.5 Å². The lowest BCUT2D eigenvalue weighted by atomic mass is 9.90. The highest BCUT2D eigenvalue weighted by atomic mass is 19.4. The molecule has 0 spiro atoms. The Bertz CT molecular complexity index is 2400. The van der Waals surface area contributed by atoms with Crippen LogP contribution in [0.15, 0.2) is 53.1 Å². The van der Waals surface area contributed by atoms with Crippen LogP contribution in [0.5, 0.6) is 0 Å². The molecule has 1 fully saturated rings. The Hall–Kier alpha value is -7.32. The number of rotatable bonds is 3. The first-order valence-corrected chi connectivity index (χ1v) is 14.0. The maximum Gasteiger partial charge on any atom is 0.417 e. The largest absolute Gasteiger partial charge is 0.417 e. The van der Waals surface area contributed by atoms with Crippen LogP contribution < -0.4 is 0 Å². The van der Waals surface area contributed by atoms with Crippen molar-refractivity contribution in [1.29, 1.82) is 36.8 Å². The first kappa shape index (κ1) is 37.5. The Morgan fingerprint density at radius 2 is 0.712 bits per heavy atom. The van der Waals surface area contributed by atoms with Gasteiger partial charge in [0.15, 0.2) is 0 Å². The van der Waals surface area contributed by atoms with Gasteiger partial charge in [0.1, 0.15) is 18.2 Å². The van der Waals surface area contributed by atoms with Crippen molar-refractivity contribution < 1.29 is 39.5 Å². The van der Waals surface area contributed by atoms with Gasteiger partial charge in [-0.3, -0.25) is 0 Å². The smallest absolute Gasteiger partial charge is 0.192 e. The quantitative estimate of drug-likeness (QED) is 0.193. The van der Waals surface area contributed by atoms with Crippen LogP contribution in [0.1, 0.15) is 66.8 Å². The number of nitrogens with zero attached hydrogens (tertiary/aromatic N) is 7. The molecule has 254 valence electrons. The third-order valence-electron chi connectivity index (χ3n) is 7.76. The molecule has 1 aliphatic carbocycles. The topological polar surface area (TPSA) is 167 Å². The van der Waals surface area contributed by atoms with Crippen molar-refractivity contribution in [3.63, 3.8) is 0 Å². The van der Waals surface area contributed by atoms with Gasteiger partial charge in [-0.25, -0.2) is 0 Å². The normalized spacial score (nSPS) is 15.4. The van der Waals surface area contributed by atoms with E-state index >= 15 is 0 Å². The number of nitriles is 7. The second-order valence-corrected chi connectivity index (χ2v) is 10.9. The summed E-state index contributed by atoms with van der Waals surface area (Å²) in [5.41, 5.74) is -17.4. The summed E-state index contributed by atoms with van der Waals surface area (Å²) in [5.74, 6) is 0. The van der Waals surface area contributed by atoms with Crippen molar-refractivity contribution in [3.8, 4) is 42.5 Å². The van der Waals surface area contributed by atoms with Crippen LogP contribution in [-0.4, -0.2) is 0 Å². The SMILES string of the molecule is Cc1cc(C#N)cc(C(F)(F)F)c1C(C#N)=C1C(=C(/C#N)c2c(C)cc(C#N)cc2C(F)(F)F)/C1=C(/C#N)c1c(C#N)cc(C#N)cc1C(F)(F)F. The number of alkyl halides is 9. The van der Waals surface area contributed by atoms with Gasteiger partial charge in [0.05, 0.1) is 79.9 Å². The second kappa shape index (κ2) is 13.2. The van der Waals surface area contributed by atoms with Gasteiger partial charge in [0.2, 0.25) is 0 Å². The molecule has 0 amide bonds. The molecule has 0 atom stereocenters. The highest BCUT2D eigenvalue weighted by Crippen LogP contribution is 2.58. The van der Waals surface area contributed by atoms with Crippen molar-refractivity contribution >= 4 is 16.7 Å². The number of aryl methyl sites for hydroxylation is 2. The zero-order valence-corrected chi connectivity index (χ0v) is 26.0. The molecule has 0 aliphatic heterocycles. The predicted octanol–water partition coefficient (Wildman–Crippen LogP) is 9.09. The van der Waals surface area contributed by atoms with Gasteiger partial charge in [0, 0.05) is 33.4 Å². The van der Waals surface area contributed by atoms with Crippen molar-refractivity contribution in [3.05, 3.63) is 120 Å². The minimum Gasteiger partial charge on any atom is -0.192 e. The van der Waals surface area contributed by atoms with E-state index in [2.05, 4.69) is 0 Å². The zero-order valence-electron chi connectivity index (χ0n) is 26.0. The molecular formula is C36H12F9N7. The van der Waals surface area contributed by atoms with Crippen molar-refractivity contribution in [2.75, 3.05) is 0 Å². The standard InChI is InChI=1S/C36H12F9N7/c1-16-3-18(9-46)6-25(34(37,38)39)28(16)22(13-50)31-32(23(14-51)29-17(2)4-19(10-47)7-26(29)35(40,41)42)33(31)24(15-52)30-21(12-49)5-20(11-48)8-27(30)36(43,44)45/h3-8H,1-2H3/b31-22+,32-23?,33-24+. The average molecular weight is 714 g/mol. The molecule has 7 nitrogen and oxygen atoms in total. The second-order valence-electron chi connectivity index (χ2n) is 10.9. The number of hydrogen-bond donors (Lipinski definition) is 0.